The van der Waals surface area contributed by atoms with Gasteiger partial charge in [0.25, 0.3) is 0 Å². The van der Waals surface area contributed by atoms with E-state index in [1.807, 2.05) is 24.3 Å². The van der Waals surface area contributed by atoms with Crippen molar-refractivity contribution in [2.45, 2.75) is 32.3 Å². The van der Waals surface area contributed by atoms with Gasteiger partial charge in [-0.2, -0.15) is 8.78 Å². The Bertz CT molecular complexity index is 1660. The van der Waals surface area contributed by atoms with E-state index in [-0.39, 0.29) is 16.7 Å². The lowest BCUT2D eigenvalue weighted by atomic mass is 10.1. The highest BCUT2D eigenvalue weighted by molar-refractivity contribution is 5.47. The second-order valence-corrected chi connectivity index (χ2v) is 9.01. The summed E-state index contributed by atoms with van der Waals surface area (Å²) in [6, 6.07) is 14.3. The van der Waals surface area contributed by atoms with E-state index in [9.17, 15) is 30.7 Å². The minimum Gasteiger partial charge on any atom is -0.429 e. The summed E-state index contributed by atoms with van der Waals surface area (Å²) in [5, 5.41) is 0. The summed E-state index contributed by atoms with van der Waals surface area (Å²) in [4.78, 5) is 0. The third kappa shape index (κ3) is 7.49. The van der Waals surface area contributed by atoms with Crippen molar-refractivity contribution in [3.8, 4) is 29.4 Å². The molecule has 208 valence electrons. The third-order valence-corrected chi connectivity index (χ3v) is 5.92. The Hall–Kier alpha value is -4.69. The molecule has 0 bridgehead atoms. The van der Waals surface area contributed by atoms with E-state index in [1.165, 1.54) is 11.6 Å². The minimum atomic E-state index is -4.16. The van der Waals surface area contributed by atoms with Crippen molar-refractivity contribution in [2.24, 2.45) is 0 Å². The van der Waals surface area contributed by atoms with Crippen molar-refractivity contribution in [1.82, 2.24) is 0 Å². The summed E-state index contributed by atoms with van der Waals surface area (Å²) >= 11 is 0. The second kappa shape index (κ2) is 12.7. The molecule has 0 aliphatic heterocycles. The lowest BCUT2D eigenvalue weighted by molar-refractivity contribution is -0.187. The summed E-state index contributed by atoms with van der Waals surface area (Å²) in [6.45, 7) is 2.11. The van der Waals surface area contributed by atoms with Gasteiger partial charge in [0.1, 0.15) is 22.9 Å². The number of aryl methyl sites for hydroxylation is 1. The number of ether oxygens (including phenoxy) is 1. The Morgan fingerprint density at radius 1 is 0.634 bits per heavy atom. The van der Waals surface area contributed by atoms with Crippen LogP contribution in [0.1, 0.15) is 53.1 Å². The molecule has 0 atom stereocenters. The van der Waals surface area contributed by atoms with Gasteiger partial charge >= 0.3 is 6.11 Å². The lowest BCUT2D eigenvalue weighted by Gasteiger charge is -2.19. The number of alkyl halides is 2. The Morgan fingerprint density at radius 3 is 1.88 bits per heavy atom. The molecule has 8 heteroatoms. The first-order valence-electron chi connectivity index (χ1n) is 12.5. The van der Waals surface area contributed by atoms with Crippen molar-refractivity contribution in [1.29, 1.82) is 0 Å². The Balaban J connectivity index is 1.46. The summed E-state index contributed by atoms with van der Waals surface area (Å²) in [5.74, 6) is 2.56. The van der Waals surface area contributed by atoms with Crippen LogP contribution in [0.5, 0.6) is 5.75 Å². The lowest BCUT2D eigenvalue weighted by Crippen LogP contribution is -2.23. The first-order valence-corrected chi connectivity index (χ1v) is 12.5. The van der Waals surface area contributed by atoms with Crippen LogP contribution in [0.15, 0.2) is 72.8 Å². The highest BCUT2D eigenvalue weighted by Gasteiger charge is 2.37. The quantitative estimate of drug-likeness (QED) is 0.129. The Morgan fingerprint density at radius 2 is 1.24 bits per heavy atom. The summed E-state index contributed by atoms with van der Waals surface area (Å²) in [6.07, 6.45) is -1.04. The monoisotopic (exact) mass is 566 g/mol. The molecule has 0 fully saturated rings. The van der Waals surface area contributed by atoms with Gasteiger partial charge in [0, 0.05) is 22.8 Å². The Kier molecular flexibility index (Phi) is 9.04. The van der Waals surface area contributed by atoms with E-state index in [2.05, 4.69) is 35.3 Å². The van der Waals surface area contributed by atoms with Crippen molar-refractivity contribution >= 4 is 0 Å². The van der Waals surface area contributed by atoms with Gasteiger partial charge in [0.2, 0.25) is 0 Å². The van der Waals surface area contributed by atoms with E-state index in [1.54, 1.807) is 0 Å². The topological polar surface area (TPSA) is 9.23 Å². The van der Waals surface area contributed by atoms with Gasteiger partial charge in [-0.1, -0.05) is 49.2 Å². The third-order valence-electron chi connectivity index (χ3n) is 5.92. The van der Waals surface area contributed by atoms with Crippen molar-refractivity contribution in [3.05, 3.63) is 135 Å². The number of hydrogen-bond donors (Lipinski definition) is 0. The highest BCUT2D eigenvalue weighted by atomic mass is 19.3. The SMILES string of the molecule is CCCCc1ccc(C#Cc2ccc(C(F)(F)Oc3ccc(C#Cc4cc(F)c(F)c(F)c4)c(F)c3)c(F)c2)cc1. The van der Waals surface area contributed by atoms with Crippen LogP contribution in [0.2, 0.25) is 0 Å². The van der Waals surface area contributed by atoms with E-state index >= 15 is 0 Å². The molecule has 41 heavy (non-hydrogen) atoms. The van der Waals surface area contributed by atoms with Gasteiger partial charge in [-0.25, -0.2) is 22.0 Å². The van der Waals surface area contributed by atoms with Gasteiger partial charge in [0.15, 0.2) is 17.5 Å². The molecule has 0 aromatic heterocycles. The van der Waals surface area contributed by atoms with E-state index in [4.69, 9.17) is 0 Å². The predicted molar refractivity (Wildman–Crippen MR) is 141 cm³/mol. The molecule has 0 saturated carbocycles. The van der Waals surface area contributed by atoms with Crippen LogP contribution >= 0.6 is 0 Å². The van der Waals surface area contributed by atoms with Crippen molar-refractivity contribution in [3.63, 3.8) is 0 Å². The van der Waals surface area contributed by atoms with E-state index in [0.29, 0.717) is 23.8 Å². The first-order chi connectivity index (χ1) is 19.6. The fraction of sp³-hybridized carbons (Fsp3) is 0.152. The van der Waals surface area contributed by atoms with Crippen LogP contribution in [-0.4, -0.2) is 0 Å². The van der Waals surface area contributed by atoms with Crippen molar-refractivity contribution < 1.29 is 35.5 Å². The predicted octanol–water partition coefficient (Wildman–Crippen LogP) is 8.65. The fourth-order valence-electron chi connectivity index (χ4n) is 3.74. The summed E-state index contributed by atoms with van der Waals surface area (Å²) < 4.78 is 103. The van der Waals surface area contributed by atoms with Gasteiger partial charge in [0.05, 0.1) is 5.56 Å². The first kappa shape index (κ1) is 29.3. The van der Waals surface area contributed by atoms with Crippen LogP contribution in [0.3, 0.4) is 0 Å². The van der Waals surface area contributed by atoms with E-state index < -0.39 is 46.5 Å². The van der Waals surface area contributed by atoms with E-state index in [0.717, 1.165) is 43.5 Å². The molecule has 0 aliphatic rings. The zero-order valence-corrected chi connectivity index (χ0v) is 21.6. The molecule has 1 nitrogen and oxygen atoms in total. The standard InChI is InChI=1S/C33H21F7O/c1-2-3-4-21-5-7-22(8-6-21)9-10-23-12-16-27(29(35)17-23)33(39,40)41-26-15-14-25(28(34)20-26)13-11-24-18-30(36)32(38)31(37)19-24/h5-8,12,14-20H,2-4H2,1H3. The molecule has 0 N–H and O–H groups in total. The molecule has 0 saturated heterocycles. The maximum absolute atomic E-state index is 14.8. The molecule has 0 aliphatic carbocycles. The van der Waals surface area contributed by atoms with Crippen LogP contribution < -0.4 is 4.74 Å². The van der Waals surface area contributed by atoms with Gasteiger partial charge in [-0.15, -0.1) is 0 Å². The number of halogens is 7. The fourth-order valence-corrected chi connectivity index (χ4v) is 3.74. The molecule has 4 aromatic carbocycles. The maximum atomic E-state index is 14.8. The molecular weight excluding hydrogens is 545 g/mol. The number of hydrogen-bond acceptors (Lipinski definition) is 1. The number of rotatable bonds is 6. The Labute approximate surface area is 232 Å². The zero-order valence-electron chi connectivity index (χ0n) is 21.6. The largest absolute Gasteiger partial charge is 0.429 e. The molecule has 4 rings (SSSR count). The average Bonchev–Trinajstić information content (AvgIpc) is 2.93. The van der Waals surface area contributed by atoms with Gasteiger partial charge in [-0.3, -0.25) is 0 Å². The smallest absolute Gasteiger partial charge is 0.429 e. The van der Waals surface area contributed by atoms with Gasteiger partial charge in [-0.05, 0) is 73.0 Å². The van der Waals surface area contributed by atoms with Crippen LogP contribution in [-0.2, 0) is 12.5 Å². The second-order valence-electron chi connectivity index (χ2n) is 9.01. The van der Waals surface area contributed by atoms with Crippen LogP contribution in [0, 0.1) is 52.8 Å². The molecule has 4 aromatic rings. The normalized spacial score (nSPS) is 10.8. The van der Waals surface area contributed by atoms with Crippen LogP contribution in [0.4, 0.5) is 30.7 Å². The van der Waals surface area contributed by atoms with Crippen molar-refractivity contribution in [2.75, 3.05) is 0 Å². The average molecular weight is 567 g/mol. The summed E-state index contributed by atoms with van der Waals surface area (Å²) in [5.41, 5.74) is 0.387. The van der Waals surface area contributed by atoms with Gasteiger partial charge < -0.3 is 4.74 Å². The molecule has 0 spiro atoms. The molecule has 0 amide bonds. The molecular formula is C33H21F7O. The number of benzene rings is 4. The highest BCUT2D eigenvalue weighted by Crippen LogP contribution is 2.34. The maximum Gasteiger partial charge on any atom is 0.429 e. The summed E-state index contributed by atoms with van der Waals surface area (Å²) in [7, 11) is 0. The minimum absolute atomic E-state index is 0.173. The zero-order chi connectivity index (χ0) is 29.6. The molecule has 0 unspecified atom stereocenters. The molecule has 0 heterocycles. The molecule has 0 radical (unpaired) electrons. The number of unbranched alkanes of at least 4 members (excludes halogenated alkanes) is 1. The van der Waals surface area contributed by atoms with Crippen LogP contribution in [0.25, 0.3) is 0 Å².